The van der Waals surface area contributed by atoms with Crippen molar-refractivity contribution in [2.75, 3.05) is 13.2 Å². The predicted molar refractivity (Wildman–Crippen MR) is 101 cm³/mol. The summed E-state index contributed by atoms with van der Waals surface area (Å²) in [6.45, 7) is 0.794. The van der Waals surface area contributed by atoms with Crippen LogP contribution in [0, 0.1) is 5.41 Å². The van der Waals surface area contributed by atoms with Gasteiger partial charge in [-0.1, -0.05) is 29.8 Å². The normalized spacial score (nSPS) is 14.5. The first-order chi connectivity index (χ1) is 13.5. The third-order valence-electron chi connectivity index (χ3n) is 4.71. The monoisotopic (exact) mass is 400 g/mol. The maximum atomic E-state index is 10.7. The number of hydrogen-bond donors (Lipinski definition) is 3. The van der Waals surface area contributed by atoms with E-state index in [9.17, 15) is 4.79 Å². The van der Waals surface area contributed by atoms with Crippen LogP contribution in [0.4, 0.5) is 4.79 Å². The lowest BCUT2D eigenvalue weighted by Gasteiger charge is -2.16. The third-order valence-corrected chi connectivity index (χ3v) is 5.01. The Kier molecular flexibility index (Phi) is 4.82. The number of aromatic nitrogens is 5. The summed E-state index contributed by atoms with van der Waals surface area (Å²) in [5.41, 5.74) is 2.22. The minimum Gasteiger partial charge on any atom is -0.491 e. The topological polar surface area (TPSA) is 126 Å². The van der Waals surface area contributed by atoms with Crippen LogP contribution >= 0.6 is 11.6 Å². The van der Waals surface area contributed by atoms with E-state index in [2.05, 4.69) is 30.9 Å². The molecule has 3 aromatic rings. The molecule has 1 aliphatic rings. The molecule has 2 heterocycles. The number of rotatable bonds is 7. The molecule has 1 aromatic carbocycles. The number of aromatic amines is 1. The SMILES string of the molecule is O=C(O)NCC1(COc2cnc(Cl)c(-c3cccc(-c4nn[nH]n4)c3)c2)CC1. The van der Waals surface area contributed by atoms with Gasteiger partial charge < -0.3 is 15.2 Å². The molecule has 0 saturated heterocycles. The van der Waals surface area contributed by atoms with Gasteiger partial charge in [0.1, 0.15) is 10.9 Å². The molecule has 3 N–H and O–H groups in total. The minimum atomic E-state index is -1.02. The Morgan fingerprint density at radius 2 is 2.14 bits per heavy atom. The van der Waals surface area contributed by atoms with E-state index in [4.69, 9.17) is 21.4 Å². The van der Waals surface area contributed by atoms with Crippen molar-refractivity contribution < 1.29 is 14.6 Å². The summed E-state index contributed by atoms with van der Waals surface area (Å²) >= 11 is 6.30. The molecule has 0 unspecified atom stereocenters. The standard InChI is InChI=1S/C18H17ClN6O3/c19-15-14(11-2-1-3-12(6-11)16-22-24-25-23-16)7-13(8-20-15)28-10-18(4-5-18)9-21-17(26)27/h1-3,6-8,21H,4-5,9-10H2,(H,26,27)(H,22,23,24,25). The lowest BCUT2D eigenvalue weighted by molar-refractivity contribution is 0.184. The summed E-state index contributed by atoms with van der Waals surface area (Å²) in [7, 11) is 0. The molecule has 2 aromatic heterocycles. The predicted octanol–water partition coefficient (Wildman–Crippen LogP) is 3.01. The number of hydrogen-bond acceptors (Lipinski definition) is 6. The zero-order valence-corrected chi connectivity index (χ0v) is 15.5. The largest absolute Gasteiger partial charge is 0.491 e. The highest BCUT2D eigenvalue weighted by Gasteiger charge is 2.43. The lowest BCUT2D eigenvalue weighted by Crippen LogP contribution is -2.31. The van der Waals surface area contributed by atoms with Gasteiger partial charge in [0.15, 0.2) is 0 Å². The van der Waals surface area contributed by atoms with E-state index >= 15 is 0 Å². The van der Waals surface area contributed by atoms with Crippen LogP contribution in [0.3, 0.4) is 0 Å². The lowest BCUT2D eigenvalue weighted by atomic mass is 10.0. The maximum Gasteiger partial charge on any atom is 0.404 e. The summed E-state index contributed by atoms with van der Waals surface area (Å²) < 4.78 is 5.89. The Morgan fingerprint density at radius 1 is 1.32 bits per heavy atom. The van der Waals surface area contributed by atoms with Crippen molar-refractivity contribution in [2.45, 2.75) is 12.8 Å². The number of ether oxygens (including phenoxy) is 1. The summed E-state index contributed by atoms with van der Waals surface area (Å²) in [5, 5.41) is 25.5. The molecule has 1 fully saturated rings. The number of H-pyrrole nitrogens is 1. The van der Waals surface area contributed by atoms with Crippen LogP contribution in [0.1, 0.15) is 12.8 Å². The second-order valence-corrected chi connectivity index (χ2v) is 7.13. The summed E-state index contributed by atoms with van der Waals surface area (Å²) in [6.07, 6.45) is 2.39. The smallest absolute Gasteiger partial charge is 0.404 e. The number of halogens is 1. The summed E-state index contributed by atoms with van der Waals surface area (Å²) in [6, 6.07) is 9.39. The molecule has 1 aliphatic carbocycles. The van der Waals surface area contributed by atoms with Gasteiger partial charge in [0.05, 0.1) is 12.8 Å². The van der Waals surface area contributed by atoms with Gasteiger partial charge in [-0.25, -0.2) is 9.78 Å². The molecule has 0 aliphatic heterocycles. The van der Waals surface area contributed by atoms with Crippen molar-refractivity contribution >= 4 is 17.7 Å². The molecular formula is C18H17ClN6O3. The van der Waals surface area contributed by atoms with E-state index in [1.54, 1.807) is 6.20 Å². The Hall–Kier alpha value is -3.20. The van der Waals surface area contributed by atoms with Gasteiger partial charge >= 0.3 is 6.09 Å². The van der Waals surface area contributed by atoms with Crippen molar-refractivity contribution in [1.82, 2.24) is 30.9 Å². The molecule has 0 atom stereocenters. The van der Waals surface area contributed by atoms with E-state index in [1.165, 1.54) is 0 Å². The first kappa shape index (κ1) is 18.2. The quantitative estimate of drug-likeness (QED) is 0.520. The highest BCUT2D eigenvalue weighted by molar-refractivity contribution is 6.32. The second kappa shape index (κ2) is 7.43. The van der Waals surface area contributed by atoms with Crippen LogP contribution in [0.25, 0.3) is 22.5 Å². The van der Waals surface area contributed by atoms with Crippen LogP contribution in [0.2, 0.25) is 5.15 Å². The Morgan fingerprint density at radius 3 is 2.86 bits per heavy atom. The number of pyridine rings is 1. The van der Waals surface area contributed by atoms with Gasteiger partial charge in [0.2, 0.25) is 5.82 Å². The fourth-order valence-corrected chi connectivity index (χ4v) is 3.08. The van der Waals surface area contributed by atoms with Gasteiger partial charge in [-0.2, -0.15) is 5.21 Å². The van der Waals surface area contributed by atoms with Crippen molar-refractivity contribution in [2.24, 2.45) is 5.41 Å². The van der Waals surface area contributed by atoms with E-state index < -0.39 is 6.09 Å². The molecule has 28 heavy (non-hydrogen) atoms. The molecule has 10 heteroatoms. The average molecular weight is 401 g/mol. The zero-order chi connectivity index (χ0) is 19.6. The number of carboxylic acid groups (broad SMARTS) is 1. The van der Waals surface area contributed by atoms with Gasteiger partial charge in [0, 0.05) is 23.1 Å². The van der Waals surface area contributed by atoms with E-state index in [0.29, 0.717) is 29.9 Å². The number of nitrogens with zero attached hydrogens (tertiary/aromatic N) is 4. The van der Waals surface area contributed by atoms with E-state index in [1.807, 2.05) is 30.3 Å². The number of benzene rings is 1. The Bertz CT molecular complexity index is 991. The molecule has 1 amide bonds. The van der Waals surface area contributed by atoms with E-state index in [-0.39, 0.29) is 5.41 Å². The molecule has 4 rings (SSSR count). The molecule has 0 spiro atoms. The van der Waals surface area contributed by atoms with Gasteiger partial charge in [-0.3, -0.25) is 0 Å². The molecule has 0 bridgehead atoms. The van der Waals surface area contributed by atoms with Crippen molar-refractivity contribution in [3.63, 3.8) is 0 Å². The van der Waals surface area contributed by atoms with Crippen molar-refractivity contribution in [1.29, 1.82) is 0 Å². The van der Waals surface area contributed by atoms with Crippen molar-refractivity contribution in [3.8, 4) is 28.3 Å². The molecule has 0 radical (unpaired) electrons. The zero-order valence-electron chi connectivity index (χ0n) is 14.7. The third kappa shape index (κ3) is 4.04. The van der Waals surface area contributed by atoms with Crippen LogP contribution in [-0.4, -0.2) is 50.0 Å². The molecule has 144 valence electrons. The van der Waals surface area contributed by atoms with Gasteiger partial charge in [-0.15, -0.1) is 10.2 Å². The van der Waals surface area contributed by atoms with Crippen molar-refractivity contribution in [3.05, 3.63) is 41.7 Å². The van der Waals surface area contributed by atoms with Crippen LogP contribution in [0.5, 0.6) is 5.75 Å². The highest BCUT2D eigenvalue weighted by atomic mass is 35.5. The summed E-state index contributed by atoms with van der Waals surface area (Å²) in [4.78, 5) is 14.9. The fourth-order valence-electron chi connectivity index (χ4n) is 2.87. The summed E-state index contributed by atoms with van der Waals surface area (Å²) in [5.74, 6) is 1.06. The van der Waals surface area contributed by atoms with Gasteiger partial charge in [0.25, 0.3) is 0 Å². The van der Waals surface area contributed by atoms with Crippen LogP contribution in [0.15, 0.2) is 36.5 Å². The Balaban J connectivity index is 1.52. The molecular weight excluding hydrogens is 384 g/mol. The number of tetrazole rings is 1. The minimum absolute atomic E-state index is 0.142. The number of carbonyl (C=O) groups is 1. The number of amides is 1. The van der Waals surface area contributed by atoms with E-state index in [0.717, 1.165) is 29.5 Å². The average Bonchev–Trinajstić information content (AvgIpc) is 3.26. The first-order valence-corrected chi connectivity index (χ1v) is 9.02. The van der Waals surface area contributed by atoms with Crippen LogP contribution in [-0.2, 0) is 0 Å². The maximum absolute atomic E-state index is 10.7. The van der Waals surface area contributed by atoms with Gasteiger partial charge in [-0.05, 0) is 35.8 Å². The Labute approximate surface area is 165 Å². The first-order valence-electron chi connectivity index (χ1n) is 8.64. The van der Waals surface area contributed by atoms with Crippen LogP contribution < -0.4 is 10.1 Å². The second-order valence-electron chi connectivity index (χ2n) is 6.77. The molecule has 9 nitrogen and oxygen atoms in total. The number of nitrogens with one attached hydrogen (secondary N) is 2. The fraction of sp³-hybridized carbons (Fsp3) is 0.278. The highest BCUT2D eigenvalue weighted by Crippen LogP contribution is 2.45. The molecule has 1 saturated carbocycles.